The molecule has 56 heavy (non-hydrogen) atoms. The SMILES string of the molecule is C=C(CCS)N(C)C(C)C(=O)N(C)C(C)C(=O)OC1CC(=O)N(C)c2cc(cc(OC)c2Cl)CC(C)=CC=CC(OC)C2(O)CC(OC(=O)N2)C(C)C2OC12C. The number of nitrogens with zero attached hydrogens (tertiary/aromatic N) is 3. The zero-order valence-corrected chi connectivity index (χ0v) is 35.6. The van der Waals surface area contributed by atoms with Crippen molar-refractivity contribution in [3.05, 3.63) is 58.8 Å². The van der Waals surface area contributed by atoms with Crippen LogP contribution >= 0.6 is 24.2 Å². The molecule has 2 fully saturated rings. The maximum atomic E-state index is 14.2. The Hall–Kier alpha value is -3.76. The first-order chi connectivity index (χ1) is 26.2. The third kappa shape index (κ3) is 9.67. The first-order valence-corrected chi connectivity index (χ1v) is 19.6. The van der Waals surface area contributed by atoms with Gasteiger partial charge in [0.2, 0.25) is 11.8 Å². The highest BCUT2D eigenvalue weighted by molar-refractivity contribution is 7.80. The van der Waals surface area contributed by atoms with Crippen LogP contribution in [0.1, 0.15) is 59.4 Å². The summed E-state index contributed by atoms with van der Waals surface area (Å²) in [6.07, 6.45) is 1.40. The number of halogens is 1. The number of amides is 3. The van der Waals surface area contributed by atoms with E-state index in [2.05, 4.69) is 24.5 Å². The van der Waals surface area contributed by atoms with Gasteiger partial charge in [-0.2, -0.15) is 12.6 Å². The van der Waals surface area contributed by atoms with Crippen molar-refractivity contribution in [1.29, 1.82) is 0 Å². The van der Waals surface area contributed by atoms with Crippen molar-refractivity contribution in [2.75, 3.05) is 46.0 Å². The molecule has 0 radical (unpaired) electrons. The molecule has 1 aromatic rings. The Kier molecular flexibility index (Phi) is 14.6. The number of carbonyl (C=O) groups excluding carboxylic acids is 4. The second kappa shape index (κ2) is 18.2. The molecule has 3 aliphatic heterocycles. The molecular formula is C40H57ClN4O10S. The zero-order chi connectivity index (χ0) is 41.9. The lowest BCUT2D eigenvalue weighted by Gasteiger charge is -2.42. The number of epoxide rings is 1. The zero-order valence-electron chi connectivity index (χ0n) is 34.0. The Labute approximate surface area is 340 Å². The van der Waals surface area contributed by atoms with Crippen LogP contribution in [0.4, 0.5) is 10.5 Å². The van der Waals surface area contributed by atoms with Crippen LogP contribution in [0, 0.1) is 5.92 Å². The molecule has 4 bridgehead atoms. The number of alkyl carbamates (subject to hydrolysis) is 1. The van der Waals surface area contributed by atoms with Gasteiger partial charge in [-0.3, -0.25) is 14.9 Å². The molecule has 2 N–H and O–H groups in total. The van der Waals surface area contributed by atoms with Gasteiger partial charge in [0.15, 0.2) is 5.72 Å². The molecule has 2 saturated heterocycles. The maximum Gasteiger partial charge on any atom is 0.409 e. The predicted octanol–water partition coefficient (Wildman–Crippen LogP) is 4.67. The first kappa shape index (κ1) is 44.9. The van der Waals surface area contributed by atoms with Crippen LogP contribution in [0.3, 0.4) is 0 Å². The third-order valence-corrected chi connectivity index (χ3v) is 11.9. The van der Waals surface area contributed by atoms with E-state index in [0.29, 0.717) is 30.0 Å². The number of thiol groups is 1. The fraction of sp³-hybridized carbons (Fsp3) is 0.600. The molecule has 14 nitrogen and oxygen atoms in total. The second-order valence-corrected chi connectivity index (χ2v) is 16.0. The molecule has 4 rings (SSSR count). The van der Waals surface area contributed by atoms with Crippen molar-refractivity contribution in [1.82, 2.24) is 15.1 Å². The Morgan fingerprint density at radius 2 is 1.88 bits per heavy atom. The van der Waals surface area contributed by atoms with Crippen molar-refractivity contribution in [2.45, 2.75) is 108 Å². The number of aliphatic hydroxyl groups is 1. The minimum absolute atomic E-state index is 0.0609. The average molecular weight is 821 g/mol. The summed E-state index contributed by atoms with van der Waals surface area (Å²) < 4.78 is 29.3. The van der Waals surface area contributed by atoms with Crippen LogP contribution in [-0.2, 0) is 39.8 Å². The first-order valence-electron chi connectivity index (χ1n) is 18.6. The lowest BCUT2D eigenvalue weighted by molar-refractivity contribution is -0.162. The van der Waals surface area contributed by atoms with E-state index in [4.69, 9.17) is 35.3 Å². The Morgan fingerprint density at radius 1 is 1.20 bits per heavy atom. The highest BCUT2D eigenvalue weighted by Gasteiger charge is 2.64. The van der Waals surface area contributed by atoms with E-state index in [1.807, 2.05) is 13.0 Å². The van der Waals surface area contributed by atoms with Gasteiger partial charge in [-0.05, 0) is 64.0 Å². The van der Waals surface area contributed by atoms with E-state index in [1.54, 1.807) is 71.0 Å². The predicted molar refractivity (Wildman–Crippen MR) is 216 cm³/mol. The van der Waals surface area contributed by atoms with E-state index in [0.717, 1.165) is 16.8 Å². The molecule has 9 unspecified atom stereocenters. The fourth-order valence-corrected chi connectivity index (χ4v) is 7.80. The summed E-state index contributed by atoms with van der Waals surface area (Å²) in [5, 5.41) is 14.5. The molecule has 16 heteroatoms. The van der Waals surface area contributed by atoms with Crippen LogP contribution < -0.4 is 15.0 Å². The Morgan fingerprint density at radius 3 is 2.50 bits per heavy atom. The Bertz CT molecular complexity index is 1740. The number of benzene rings is 1. The van der Waals surface area contributed by atoms with E-state index < -0.39 is 71.7 Å². The summed E-state index contributed by atoms with van der Waals surface area (Å²) in [7, 11) is 7.76. The van der Waals surface area contributed by atoms with E-state index in [9.17, 15) is 24.3 Å². The lowest BCUT2D eigenvalue weighted by atomic mass is 9.83. The van der Waals surface area contributed by atoms with Gasteiger partial charge in [0.1, 0.15) is 46.8 Å². The number of nitrogens with one attached hydrogen (secondary N) is 1. The van der Waals surface area contributed by atoms with Gasteiger partial charge in [-0.15, -0.1) is 0 Å². The molecule has 0 saturated carbocycles. The number of methoxy groups -OCH3 is 2. The average Bonchev–Trinajstić information content (AvgIpc) is 3.85. The van der Waals surface area contributed by atoms with Crippen molar-refractivity contribution in [2.24, 2.45) is 5.92 Å². The Balaban J connectivity index is 1.73. The summed E-state index contributed by atoms with van der Waals surface area (Å²) >= 11 is 11.0. The number of likely N-dealkylation sites (N-methyl/N-ethyl adjacent to an activating group) is 2. The quantitative estimate of drug-likeness (QED) is 0.171. The molecule has 0 aliphatic carbocycles. The second-order valence-electron chi connectivity index (χ2n) is 15.2. The summed E-state index contributed by atoms with van der Waals surface area (Å²) in [5.41, 5.74) is -0.252. The van der Waals surface area contributed by atoms with Gasteiger partial charge < -0.3 is 43.5 Å². The van der Waals surface area contributed by atoms with Gasteiger partial charge in [0.25, 0.3) is 0 Å². The molecule has 3 aliphatic rings. The number of rotatable bonds is 10. The molecule has 0 aromatic heterocycles. The molecule has 9 atom stereocenters. The van der Waals surface area contributed by atoms with Crippen molar-refractivity contribution >= 4 is 53.8 Å². The molecule has 0 spiro atoms. The number of esters is 1. The fourth-order valence-electron chi connectivity index (χ4n) is 7.23. The number of hydrogen-bond acceptors (Lipinski definition) is 12. The summed E-state index contributed by atoms with van der Waals surface area (Å²) in [6, 6.07) is 1.90. The summed E-state index contributed by atoms with van der Waals surface area (Å²) in [6.45, 7) is 12.7. The van der Waals surface area contributed by atoms with Gasteiger partial charge >= 0.3 is 12.1 Å². The summed E-state index contributed by atoms with van der Waals surface area (Å²) in [4.78, 5) is 59.1. The van der Waals surface area contributed by atoms with Crippen LogP contribution in [0.15, 0.2) is 48.2 Å². The number of hydrogen-bond donors (Lipinski definition) is 3. The van der Waals surface area contributed by atoms with Crippen molar-refractivity contribution in [3.8, 4) is 5.75 Å². The van der Waals surface area contributed by atoms with Crippen LogP contribution in [-0.4, -0.2) is 128 Å². The van der Waals surface area contributed by atoms with Gasteiger partial charge in [0.05, 0.1) is 25.3 Å². The van der Waals surface area contributed by atoms with Crippen molar-refractivity contribution < 1.29 is 48.0 Å². The minimum atomic E-state index is -1.84. The van der Waals surface area contributed by atoms with E-state index in [-0.39, 0.29) is 23.8 Å². The van der Waals surface area contributed by atoms with E-state index in [1.165, 1.54) is 31.1 Å². The molecule has 1 aromatic carbocycles. The third-order valence-electron chi connectivity index (χ3n) is 11.3. The standard InChI is InChI=1S/C40H57ClN4O10S/c1-22-13-12-14-31(52-11)40(50)21-30(53-38(49)42-40)24(3)35-39(6,55-35)32(20-33(46)45(9)28-18-27(17-22)19-29(51-10)34(28)41)54-37(48)26(5)44(8)36(47)25(4)43(7)23(2)15-16-56/h12-14,18-19,24-26,30-32,35,50,56H,2,15-17,20-21H2,1,3-11H3,(H,42,49). The maximum absolute atomic E-state index is 14.2. The monoisotopic (exact) mass is 820 g/mol. The number of ether oxygens (including phenoxy) is 5. The normalized spacial score (nSPS) is 29.1. The molecule has 3 heterocycles. The minimum Gasteiger partial charge on any atom is -0.495 e. The number of allylic oxidation sites excluding steroid dienone is 4. The molecular weight excluding hydrogens is 764 g/mol. The lowest BCUT2D eigenvalue weighted by Crippen LogP contribution is -2.63. The number of anilines is 1. The van der Waals surface area contributed by atoms with Gasteiger partial charge in [-0.1, -0.05) is 48.9 Å². The topological polar surface area (TPSA) is 160 Å². The summed E-state index contributed by atoms with van der Waals surface area (Å²) in [5.74, 6) is -1.16. The molecule has 310 valence electrons. The largest absolute Gasteiger partial charge is 0.495 e. The van der Waals surface area contributed by atoms with Gasteiger partial charge in [-0.25, -0.2) is 9.59 Å². The van der Waals surface area contributed by atoms with Crippen LogP contribution in [0.5, 0.6) is 5.75 Å². The number of carbonyl (C=O) groups is 4. The van der Waals surface area contributed by atoms with Crippen molar-refractivity contribution in [3.63, 3.8) is 0 Å². The van der Waals surface area contributed by atoms with Crippen LogP contribution in [0.2, 0.25) is 5.02 Å². The highest BCUT2D eigenvalue weighted by Crippen LogP contribution is 2.49. The number of fused-ring (bicyclic) bond motifs is 5. The van der Waals surface area contributed by atoms with Crippen LogP contribution in [0.25, 0.3) is 0 Å². The highest BCUT2D eigenvalue weighted by atomic mass is 35.5. The smallest absolute Gasteiger partial charge is 0.409 e. The van der Waals surface area contributed by atoms with E-state index >= 15 is 0 Å². The molecule has 3 amide bonds. The van der Waals surface area contributed by atoms with Gasteiger partial charge in [0, 0.05) is 46.3 Å².